The molecule has 0 aliphatic heterocycles. The van der Waals surface area contributed by atoms with Crippen molar-refractivity contribution in [2.24, 2.45) is 0 Å². The minimum Gasteiger partial charge on any atom is -0.489 e. The van der Waals surface area contributed by atoms with Crippen LogP contribution >= 0.6 is 0 Å². The zero-order chi connectivity index (χ0) is 12.1. The number of hydrogen-bond donors (Lipinski definition) is 2. The molecule has 1 aromatic heterocycles. The molecule has 2 aromatic rings. The Balaban J connectivity index is 2.04. The van der Waals surface area contributed by atoms with Crippen LogP contribution in [0.2, 0.25) is 0 Å². The highest BCUT2D eigenvalue weighted by Gasteiger charge is 2.04. The van der Waals surface area contributed by atoms with Crippen molar-refractivity contribution in [2.75, 3.05) is 5.32 Å². The maximum absolute atomic E-state index is 5.73. The molecule has 2 rings (SSSR count). The zero-order valence-electron chi connectivity index (χ0n) is 10.1. The smallest absolute Gasteiger partial charge is 0.142 e. The van der Waals surface area contributed by atoms with Gasteiger partial charge in [0.1, 0.15) is 5.75 Å². The van der Waals surface area contributed by atoms with E-state index in [4.69, 9.17) is 4.74 Å². The Bertz CT molecular complexity index is 451. The van der Waals surface area contributed by atoms with Crippen LogP contribution in [0.5, 0.6) is 5.75 Å². The summed E-state index contributed by atoms with van der Waals surface area (Å²) in [5.41, 5.74) is 2.04. The number of ether oxygens (including phenoxy) is 1. The van der Waals surface area contributed by atoms with E-state index in [-0.39, 0.29) is 6.10 Å². The van der Waals surface area contributed by atoms with Gasteiger partial charge in [0, 0.05) is 6.20 Å². The predicted molar refractivity (Wildman–Crippen MR) is 68.1 cm³/mol. The molecule has 0 unspecified atom stereocenters. The van der Waals surface area contributed by atoms with Gasteiger partial charge in [-0.25, -0.2) is 0 Å². The first-order valence-corrected chi connectivity index (χ1v) is 5.73. The molecule has 0 bridgehead atoms. The van der Waals surface area contributed by atoms with Crippen LogP contribution < -0.4 is 10.1 Å². The average molecular weight is 231 g/mol. The first-order chi connectivity index (χ1) is 8.25. The lowest BCUT2D eigenvalue weighted by Crippen LogP contribution is -2.08. The van der Waals surface area contributed by atoms with Crippen LogP contribution in [0.4, 0.5) is 5.69 Å². The van der Waals surface area contributed by atoms with Gasteiger partial charge in [-0.3, -0.25) is 5.10 Å². The third-order valence-electron chi connectivity index (χ3n) is 2.28. The number of benzene rings is 1. The molecule has 0 aliphatic carbocycles. The van der Waals surface area contributed by atoms with E-state index in [0.29, 0.717) is 6.54 Å². The Morgan fingerprint density at radius 2 is 2.12 bits per heavy atom. The Morgan fingerprint density at radius 1 is 1.29 bits per heavy atom. The molecule has 17 heavy (non-hydrogen) atoms. The number of aromatic nitrogens is 2. The summed E-state index contributed by atoms with van der Waals surface area (Å²) in [6.45, 7) is 4.75. The molecule has 0 aliphatic rings. The lowest BCUT2D eigenvalue weighted by atomic mass is 10.2. The van der Waals surface area contributed by atoms with E-state index in [1.165, 1.54) is 0 Å². The zero-order valence-corrected chi connectivity index (χ0v) is 10.1. The molecule has 1 heterocycles. The molecule has 0 radical (unpaired) electrons. The van der Waals surface area contributed by atoms with E-state index in [1.54, 1.807) is 6.20 Å². The Labute approximate surface area is 101 Å². The molecule has 90 valence electrons. The Morgan fingerprint density at radius 3 is 2.82 bits per heavy atom. The standard InChI is InChI=1S/C13H17N3O/c1-10(2)17-13-6-4-3-5-12(13)14-9-11-7-8-15-16-11/h3-8,10,14H,9H2,1-2H3,(H,15,16). The first-order valence-electron chi connectivity index (χ1n) is 5.73. The second kappa shape index (κ2) is 5.39. The maximum Gasteiger partial charge on any atom is 0.142 e. The highest BCUT2D eigenvalue weighted by molar-refractivity contribution is 5.56. The third kappa shape index (κ3) is 3.24. The molecule has 0 atom stereocenters. The molecular weight excluding hydrogens is 214 g/mol. The minimum absolute atomic E-state index is 0.171. The van der Waals surface area contributed by atoms with Crippen molar-refractivity contribution >= 4 is 5.69 Å². The summed E-state index contributed by atoms with van der Waals surface area (Å²) in [5, 5.41) is 10.1. The fourth-order valence-electron chi connectivity index (χ4n) is 1.54. The van der Waals surface area contributed by atoms with Crippen LogP contribution in [0.15, 0.2) is 36.5 Å². The van der Waals surface area contributed by atoms with Gasteiger partial charge in [-0.15, -0.1) is 0 Å². The minimum atomic E-state index is 0.171. The molecule has 2 N–H and O–H groups in total. The van der Waals surface area contributed by atoms with Crippen molar-refractivity contribution < 1.29 is 4.74 Å². The number of hydrogen-bond acceptors (Lipinski definition) is 3. The number of nitrogens with one attached hydrogen (secondary N) is 2. The predicted octanol–water partition coefficient (Wildman–Crippen LogP) is 2.81. The van der Waals surface area contributed by atoms with Crippen LogP contribution in [-0.2, 0) is 6.54 Å². The van der Waals surface area contributed by atoms with Crippen LogP contribution in [0.3, 0.4) is 0 Å². The largest absolute Gasteiger partial charge is 0.489 e. The molecule has 0 fully saturated rings. The molecule has 0 saturated carbocycles. The number of anilines is 1. The van der Waals surface area contributed by atoms with Gasteiger partial charge in [0.05, 0.1) is 24.0 Å². The number of rotatable bonds is 5. The molecule has 0 spiro atoms. The topological polar surface area (TPSA) is 49.9 Å². The van der Waals surface area contributed by atoms with Gasteiger partial charge in [-0.1, -0.05) is 12.1 Å². The van der Waals surface area contributed by atoms with E-state index >= 15 is 0 Å². The molecule has 0 amide bonds. The summed E-state index contributed by atoms with van der Waals surface area (Å²) in [7, 11) is 0. The van der Waals surface area contributed by atoms with Crippen LogP contribution in [0.1, 0.15) is 19.5 Å². The van der Waals surface area contributed by atoms with Crippen LogP contribution in [0.25, 0.3) is 0 Å². The van der Waals surface area contributed by atoms with Crippen molar-refractivity contribution in [3.63, 3.8) is 0 Å². The fraction of sp³-hybridized carbons (Fsp3) is 0.308. The lowest BCUT2D eigenvalue weighted by molar-refractivity contribution is 0.243. The van der Waals surface area contributed by atoms with Crippen LogP contribution in [0, 0.1) is 0 Å². The Kier molecular flexibility index (Phi) is 3.65. The SMILES string of the molecule is CC(C)Oc1ccccc1NCc1ccn[nH]1. The van der Waals surface area contributed by atoms with E-state index in [2.05, 4.69) is 15.5 Å². The van der Waals surface area contributed by atoms with Crippen molar-refractivity contribution in [3.05, 3.63) is 42.2 Å². The summed E-state index contributed by atoms with van der Waals surface area (Å²) in [6.07, 6.45) is 1.91. The van der Waals surface area contributed by atoms with E-state index < -0.39 is 0 Å². The Hall–Kier alpha value is -1.97. The quantitative estimate of drug-likeness (QED) is 0.832. The second-order valence-electron chi connectivity index (χ2n) is 4.10. The normalized spacial score (nSPS) is 10.5. The summed E-state index contributed by atoms with van der Waals surface area (Å²) < 4.78 is 5.73. The molecule has 1 aromatic carbocycles. The van der Waals surface area contributed by atoms with E-state index in [1.807, 2.05) is 44.2 Å². The summed E-state index contributed by atoms with van der Waals surface area (Å²) >= 11 is 0. The molecule has 4 nitrogen and oxygen atoms in total. The van der Waals surface area contributed by atoms with Crippen molar-refractivity contribution in [1.29, 1.82) is 0 Å². The molecule has 4 heteroatoms. The summed E-state index contributed by atoms with van der Waals surface area (Å²) in [4.78, 5) is 0. The van der Waals surface area contributed by atoms with Crippen molar-refractivity contribution in [3.8, 4) is 5.75 Å². The summed E-state index contributed by atoms with van der Waals surface area (Å²) in [5.74, 6) is 0.877. The monoisotopic (exact) mass is 231 g/mol. The van der Waals surface area contributed by atoms with Crippen molar-refractivity contribution in [2.45, 2.75) is 26.5 Å². The van der Waals surface area contributed by atoms with Gasteiger partial charge in [0.2, 0.25) is 0 Å². The number of nitrogens with zero attached hydrogens (tertiary/aromatic N) is 1. The number of para-hydroxylation sites is 2. The lowest BCUT2D eigenvalue weighted by Gasteiger charge is -2.14. The second-order valence-corrected chi connectivity index (χ2v) is 4.10. The average Bonchev–Trinajstić information content (AvgIpc) is 2.80. The van der Waals surface area contributed by atoms with Gasteiger partial charge < -0.3 is 10.1 Å². The number of aromatic amines is 1. The highest BCUT2D eigenvalue weighted by Crippen LogP contribution is 2.25. The maximum atomic E-state index is 5.73. The van der Waals surface area contributed by atoms with E-state index in [9.17, 15) is 0 Å². The highest BCUT2D eigenvalue weighted by atomic mass is 16.5. The van der Waals surface area contributed by atoms with E-state index in [0.717, 1.165) is 17.1 Å². The van der Waals surface area contributed by atoms with Crippen molar-refractivity contribution in [1.82, 2.24) is 10.2 Å². The van der Waals surface area contributed by atoms with Gasteiger partial charge in [-0.2, -0.15) is 5.10 Å². The van der Waals surface area contributed by atoms with Gasteiger partial charge in [-0.05, 0) is 32.0 Å². The van der Waals surface area contributed by atoms with Gasteiger partial charge >= 0.3 is 0 Å². The van der Waals surface area contributed by atoms with Gasteiger partial charge in [0.25, 0.3) is 0 Å². The number of H-pyrrole nitrogens is 1. The van der Waals surface area contributed by atoms with Crippen LogP contribution in [-0.4, -0.2) is 16.3 Å². The first kappa shape index (κ1) is 11.5. The summed E-state index contributed by atoms with van der Waals surface area (Å²) in [6, 6.07) is 9.88. The molecular formula is C13H17N3O. The molecule has 0 saturated heterocycles. The third-order valence-corrected chi connectivity index (χ3v) is 2.28. The fourth-order valence-corrected chi connectivity index (χ4v) is 1.54. The van der Waals surface area contributed by atoms with Gasteiger partial charge in [0.15, 0.2) is 0 Å².